The first-order valence-electron chi connectivity index (χ1n) is 7.07. The van der Waals surface area contributed by atoms with E-state index >= 15 is 0 Å². The zero-order valence-corrected chi connectivity index (χ0v) is 11.2. The molecule has 2 saturated carbocycles. The van der Waals surface area contributed by atoms with Crippen LogP contribution in [0.25, 0.3) is 0 Å². The maximum atomic E-state index is 13.6. The van der Waals surface area contributed by atoms with Crippen molar-refractivity contribution in [2.75, 3.05) is 11.1 Å². The number of carbonyl (C=O) groups excluding carboxylic acids is 1. The lowest BCUT2D eigenvalue weighted by atomic mass is 9.86. The van der Waals surface area contributed by atoms with Crippen LogP contribution in [0.1, 0.15) is 32.1 Å². The molecule has 2 fully saturated rings. The summed E-state index contributed by atoms with van der Waals surface area (Å²) in [5, 5.41) is 2.49. The Morgan fingerprint density at radius 2 is 2.10 bits per heavy atom. The smallest absolute Gasteiger partial charge is 0.224 e. The fraction of sp³-hybridized carbons (Fsp3) is 0.533. The molecule has 0 aromatic heterocycles. The summed E-state index contributed by atoms with van der Waals surface area (Å²) in [6, 6.07) is 1.74. The van der Waals surface area contributed by atoms with Crippen molar-refractivity contribution in [3.8, 4) is 0 Å². The van der Waals surface area contributed by atoms with Crippen LogP contribution in [-0.4, -0.2) is 5.91 Å². The van der Waals surface area contributed by atoms with Gasteiger partial charge in [-0.25, -0.2) is 8.78 Å². The minimum absolute atomic E-state index is 0.0798. The highest BCUT2D eigenvalue weighted by Gasteiger charge is 2.40. The first-order chi connectivity index (χ1) is 9.52. The number of amides is 1. The summed E-state index contributed by atoms with van der Waals surface area (Å²) in [7, 11) is 0. The molecule has 0 heterocycles. The van der Waals surface area contributed by atoms with Crippen molar-refractivity contribution in [1.82, 2.24) is 0 Å². The molecule has 2 bridgehead atoms. The molecule has 0 spiro atoms. The number of rotatable bonds is 3. The van der Waals surface area contributed by atoms with Gasteiger partial charge in [0.15, 0.2) is 5.82 Å². The minimum atomic E-state index is -0.830. The van der Waals surface area contributed by atoms with Gasteiger partial charge in [-0.1, -0.05) is 6.42 Å². The topological polar surface area (TPSA) is 55.1 Å². The number of hydrogen-bond donors (Lipinski definition) is 2. The van der Waals surface area contributed by atoms with Gasteiger partial charge in [0, 0.05) is 12.5 Å². The van der Waals surface area contributed by atoms with Crippen molar-refractivity contribution >= 4 is 17.3 Å². The molecular weight excluding hydrogens is 262 g/mol. The van der Waals surface area contributed by atoms with Gasteiger partial charge >= 0.3 is 0 Å². The van der Waals surface area contributed by atoms with Gasteiger partial charge in [-0.3, -0.25) is 4.79 Å². The summed E-state index contributed by atoms with van der Waals surface area (Å²) in [5.74, 6) is -0.000255. The van der Waals surface area contributed by atoms with Crippen LogP contribution in [0.4, 0.5) is 20.2 Å². The van der Waals surface area contributed by atoms with Crippen molar-refractivity contribution in [3.63, 3.8) is 0 Å². The Morgan fingerprint density at radius 1 is 1.30 bits per heavy atom. The highest BCUT2D eigenvalue weighted by atomic mass is 19.1. The number of nitrogens with one attached hydrogen (secondary N) is 1. The predicted molar refractivity (Wildman–Crippen MR) is 73.0 cm³/mol. The van der Waals surface area contributed by atoms with Crippen LogP contribution in [0.2, 0.25) is 0 Å². The van der Waals surface area contributed by atoms with Crippen molar-refractivity contribution in [2.24, 2.45) is 17.8 Å². The van der Waals surface area contributed by atoms with Crippen LogP contribution < -0.4 is 11.1 Å². The molecule has 3 rings (SSSR count). The normalized spacial score (nSPS) is 27.8. The van der Waals surface area contributed by atoms with Crippen LogP contribution in [0.3, 0.4) is 0 Å². The van der Waals surface area contributed by atoms with E-state index in [9.17, 15) is 13.6 Å². The van der Waals surface area contributed by atoms with Crippen LogP contribution in [0.5, 0.6) is 0 Å². The monoisotopic (exact) mass is 280 g/mol. The summed E-state index contributed by atoms with van der Waals surface area (Å²) in [5.41, 5.74) is 5.35. The van der Waals surface area contributed by atoms with E-state index in [0.717, 1.165) is 24.5 Å². The van der Waals surface area contributed by atoms with E-state index in [0.29, 0.717) is 18.3 Å². The molecule has 0 radical (unpaired) electrons. The summed E-state index contributed by atoms with van der Waals surface area (Å²) in [6.45, 7) is 0. The summed E-state index contributed by atoms with van der Waals surface area (Å²) >= 11 is 0. The Bertz CT molecular complexity index is 524. The zero-order valence-electron chi connectivity index (χ0n) is 11.2. The molecule has 1 amide bonds. The number of nitrogens with two attached hydrogens (primary N) is 1. The SMILES string of the molecule is Nc1cc(F)cc(F)c1NC(=O)CC1CC2CCC1C2. The molecule has 3 atom stereocenters. The van der Waals surface area contributed by atoms with Gasteiger partial charge in [0.05, 0.1) is 5.69 Å². The zero-order chi connectivity index (χ0) is 14.3. The third kappa shape index (κ3) is 2.49. The average molecular weight is 280 g/mol. The number of halogens is 2. The molecule has 0 saturated heterocycles. The lowest BCUT2D eigenvalue weighted by Gasteiger charge is -2.21. The second-order valence-corrected chi connectivity index (χ2v) is 6.04. The highest BCUT2D eigenvalue weighted by Crippen LogP contribution is 2.49. The standard InChI is InChI=1S/C15H18F2N2O/c16-11-6-12(17)15(13(18)7-11)19-14(20)5-10-4-8-1-2-9(10)3-8/h6-10H,1-5,18H2,(H,19,20). The van der Waals surface area contributed by atoms with E-state index < -0.39 is 11.6 Å². The maximum absolute atomic E-state index is 13.6. The van der Waals surface area contributed by atoms with Gasteiger partial charge in [0.25, 0.3) is 0 Å². The lowest BCUT2D eigenvalue weighted by Crippen LogP contribution is -2.21. The molecule has 20 heavy (non-hydrogen) atoms. The largest absolute Gasteiger partial charge is 0.397 e. The summed E-state index contributed by atoms with van der Waals surface area (Å²) in [4.78, 5) is 12.0. The van der Waals surface area contributed by atoms with Gasteiger partial charge in [-0.15, -0.1) is 0 Å². The van der Waals surface area contributed by atoms with E-state index in [1.54, 1.807) is 0 Å². The molecular formula is C15H18F2N2O. The molecule has 3 N–H and O–H groups in total. The van der Waals surface area contributed by atoms with Crippen molar-refractivity contribution in [3.05, 3.63) is 23.8 Å². The Labute approximate surface area is 116 Å². The Morgan fingerprint density at radius 3 is 2.70 bits per heavy atom. The molecule has 1 aromatic rings. The summed E-state index contributed by atoms with van der Waals surface area (Å²) in [6.07, 6.45) is 5.21. The molecule has 2 aliphatic carbocycles. The van der Waals surface area contributed by atoms with E-state index in [1.807, 2.05) is 0 Å². The number of carbonyl (C=O) groups is 1. The highest BCUT2D eigenvalue weighted by molar-refractivity contribution is 5.94. The van der Waals surface area contributed by atoms with Crippen LogP contribution in [0, 0.1) is 29.4 Å². The Kier molecular flexibility index (Phi) is 3.36. The van der Waals surface area contributed by atoms with Gasteiger partial charge in [0.1, 0.15) is 11.5 Å². The number of nitrogen functional groups attached to an aromatic ring is 1. The number of fused-ring (bicyclic) bond motifs is 2. The van der Waals surface area contributed by atoms with Gasteiger partial charge < -0.3 is 11.1 Å². The van der Waals surface area contributed by atoms with Gasteiger partial charge in [0.2, 0.25) is 5.91 Å². The van der Waals surface area contributed by atoms with E-state index in [-0.39, 0.29) is 17.3 Å². The Hall–Kier alpha value is -1.65. The van der Waals surface area contributed by atoms with E-state index in [2.05, 4.69) is 5.32 Å². The third-order valence-corrected chi connectivity index (χ3v) is 4.68. The van der Waals surface area contributed by atoms with E-state index in [4.69, 9.17) is 5.73 Å². The first-order valence-corrected chi connectivity index (χ1v) is 7.07. The first kappa shape index (κ1) is 13.3. The van der Waals surface area contributed by atoms with Crippen molar-refractivity contribution in [1.29, 1.82) is 0 Å². The number of anilines is 2. The van der Waals surface area contributed by atoms with Crippen LogP contribution >= 0.6 is 0 Å². The number of benzene rings is 1. The minimum Gasteiger partial charge on any atom is -0.397 e. The van der Waals surface area contributed by atoms with Gasteiger partial charge in [-0.2, -0.15) is 0 Å². The summed E-state index contributed by atoms with van der Waals surface area (Å²) < 4.78 is 26.5. The molecule has 2 aliphatic rings. The Balaban J connectivity index is 1.65. The fourth-order valence-electron chi connectivity index (χ4n) is 3.78. The molecule has 3 nitrogen and oxygen atoms in total. The quantitative estimate of drug-likeness (QED) is 0.835. The van der Waals surface area contributed by atoms with Crippen molar-refractivity contribution < 1.29 is 13.6 Å². The van der Waals surface area contributed by atoms with Gasteiger partial charge in [-0.05, 0) is 43.1 Å². The predicted octanol–water partition coefficient (Wildman–Crippen LogP) is 3.31. The van der Waals surface area contributed by atoms with Crippen LogP contribution in [-0.2, 0) is 4.79 Å². The lowest BCUT2D eigenvalue weighted by molar-refractivity contribution is -0.117. The fourth-order valence-corrected chi connectivity index (χ4v) is 3.78. The second kappa shape index (κ2) is 5.04. The third-order valence-electron chi connectivity index (χ3n) is 4.68. The van der Waals surface area contributed by atoms with E-state index in [1.165, 1.54) is 19.3 Å². The van der Waals surface area contributed by atoms with Crippen molar-refractivity contribution in [2.45, 2.75) is 32.1 Å². The maximum Gasteiger partial charge on any atom is 0.224 e. The molecule has 5 heteroatoms. The molecule has 0 aliphatic heterocycles. The second-order valence-electron chi connectivity index (χ2n) is 6.04. The average Bonchev–Trinajstić information content (AvgIpc) is 2.95. The number of hydrogen-bond acceptors (Lipinski definition) is 2. The molecule has 3 unspecified atom stereocenters. The molecule has 108 valence electrons. The molecule has 1 aromatic carbocycles. The van der Waals surface area contributed by atoms with Crippen LogP contribution in [0.15, 0.2) is 12.1 Å².